The highest BCUT2D eigenvalue weighted by atomic mass is 32.1. The predicted octanol–water partition coefficient (Wildman–Crippen LogP) is 1.25. The maximum atomic E-state index is 11.2. The van der Waals surface area contributed by atoms with Crippen LogP contribution >= 0.6 is 11.3 Å². The lowest BCUT2D eigenvalue weighted by atomic mass is 10.0. The molecule has 1 heterocycles. The maximum absolute atomic E-state index is 11.2. The van der Waals surface area contributed by atoms with Crippen LogP contribution < -0.4 is 4.87 Å². The third-order valence-corrected chi connectivity index (χ3v) is 3.63. The zero-order valence-corrected chi connectivity index (χ0v) is 9.45. The summed E-state index contributed by atoms with van der Waals surface area (Å²) in [5.41, 5.74) is 1.52. The fraction of sp³-hybridized carbons (Fsp3) is 0.800. The van der Waals surface area contributed by atoms with Crippen LogP contribution in [0.2, 0.25) is 0 Å². The van der Waals surface area contributed by atoms with Crippen molar-refractivity contribution in [1.29, 1.82) is 0 Å². The van der Waals surface area contributed by atoms with Crippen LogP contribution in [0.5, 0.6) is 0 Å². The molecule has 1 aliphatic rings. The second-order valence-corrected chi connectivity index (χ2v) is 5.02. The predicted molar refractivity (Wildman–Crippen MR) is 59.0 cm³/mol. The lowest BCUT2D eigenvalue weighted by molar-refractivity contribution is 0.119. The van der Waals surface area contributed by atoms with Crippen LogP contribution in [-0.4, -0.2) is 21.0 Å². The van der Waals surface area contributed by atoms with Gasteiger partial charge in [0.2, 0.25) is 0 Å². The molecule has 0 radical (unpaired) electrons. The number of aromatic nitrogens is 2. The second-order valence-electron chi connectivity index (χ2n) is 4.23. The highest BCUT2D eigenvalue weighted by Crippen LogP contribution is 2.28. The van der Waals surface area contributed by atoms with E-state index in [-0.39, 0.29) is 4.87 Å². The van der Waals surface area contributed by atoms with Crippen molar-refractivity contribution in [3.05, 3.63) is 15.2 Å². The first-order chi connectivity index (χ1) is 7.25. The molecular formula is C10H16N2O2S. The van der Waals surface area contributed by atoms with E-state index in [1.165, 1.54) is 35.9 Å². The fourth-order valence-electron chi connectivity index (χ4n) is 2.26. The topological polar surface area (TPSA) is 55.1 Å². The zero-order valence-electron chi connectivity index (χ0n) is 8.63. The fourth-order valence-corrected chi connectivity index (χ4v) is 2.75. The Hall–Kier alpha value is -0.680. The van der Waals surface area contributed by atoms with Gasteiger partial charge in [0.15, 0.2) is 0 Å². The van der Waals surface area contributed by atoms with Crippen LogP contribution in [0.4, 0.5) is 0 Å². The van der Waals surface area contributed by atoms with E-state index < -0.39 is 6.10 Å². The van der Waals surface area contributed by atoms with E-state index in [1.807, 2.05) is 0 Å². The van der Waals surface area contributed by atoms with Crippen LogP contribution in [0.3, 0.4) is 0 Å². The van der Waals surface area contributed by atoms with E-state index in [4.69, 9.17) is 0 Å². The summed E-state index contributed by atoms with van der Waals surface area (Å²) in [7, 11) is 0. The van der Waals surface area contributed by atoms with Gasteiger partial charge in [-0.1, -0.05) is 37.0 Å². The zero-order chi connectivity index (χ0) is 10.7. The summed E-state index contributed by atoms with van der Waals surface area (Å²) in [6, 6.07) is 0. The molecule has 15 heavy (non-hydrogen) atoms. The Kier molecular flexibility index (Phi) is 3.53. The third-order valence-electron chi connectivity index (χ3n) is 3.01. The van der Waals surface area contributed by atoms with Crippen LogP contribution in [0.15, 0.2) is 10.3 Å². The second kappa shape index (κ2) is 4.90. The Morgan fingerprint density at radius 2 is 2.33 bits per heavy atom. The number of nitrogens with zero attached hydrogens (tertiary/aromatic N) is 2. The van der Waals surface area contributed by atoms with Crippen molar-refractivity contribution in [3.63, 3.8) is 0 Å². The van der Waals surface area contributed by atoms with Gasteiger partial charge >= 0.3 is 4.87 Å². The van der Waals surface area contributed by atoms with Gasteiger partial charge in [0.25, 0.3) is 0 Å². The van der Waals surface area contributed by atoms with Crippen LogP contribution in [0.1, 0.15) is 32.1 Å². The van der Waals surface area contributed by atoms with E-state index in [9.17, 15) is 9.90 Å². The Morgan fingerprint density at radius 1 is 1.60 bits per heavy atom. The molecule has 1 aromatic rings. The minimum atomic E-state index is -0.423. The molecule has 0 aliphatic heterocycles. The van der Waals surface area contributed by atoms with Crippen molar-refractivity contribution < 1.29 is 5.11 Å². The van der Waals surface area contributed by atoms with E-state index in [1.54, 1.807) is 0 Å². The molecule has 1 aromatic heterocycles. The Morgan fingerprint density at radius 3 is 2.93 bits per heavy atom. The molecule has 0 bridgehead atoms. The molecule has 0 amide bonds. The molecule has 1 N–H and O–H groups in total. The van der Waals surface area contributed by atoms with Crippen LogP contribution in [0, 0.1) is 5.92 Å². The summed E-state index contributed by atoms with van der Waals surface area (Å²) < 4.78 is 1.35. The van der Waals surface area contributed by atoms with Gasteiger partial charge in [0, 0.05) is 0 Å². The molecule has 1 unspecified atom stereocenters. The van der Waals surface area contributed by atoms with Gasteiger partial charge in [-0.3, -0.25) is 4.79 Å². The van der Waals surface area contributed by atoms with Crippen molar-refractivity contribution in [2.45, 2.75) is 44.8 Å². The van der Waals surface area contributed by atoms with Gasteiger partial charge in [-0.2, -0.15) is 5.10 Å². The molecule has 4 nitrogen and oxygen atoms in total. The number of hydrogen-bond donors (Lipinski definition) is 1. The number of aliphatic hydroxyl groups is 1. The molecule has 1 fully saturated rings. The molecule has 1 aliphatic carbocycles. The number of aliphatic hydroxyl groups excluding tert-OH is 1. The molecule has 1 atom stereocenters. The van der Waals surface area contributed by atoms with Crippen molar-refractivity contribution in [3.8, 4) is 0 Å². The molecule has 1 saturated carbocycles. The monoisotopic (exact) mass is 228 g/mol. The van der Waals surface area contributed by atoms with Gasteiger partial charge in [0.05, 0.1) is 12.6 Å². The van der Waals surface area contributed by atoms with Crippen molar-refractivity contribution in [2.24, 2.45) is 5.92 Å². The van der Waals surface area contributed by atoms with E-state index in [0.29, 0.717) is 12.5 Å². The maximum Gasteiger partial charge on any atom is 0.324 e. The van der Waals surface area contributed by atoms with Crippen molar-refractivity contribution >= 4 is 11.3 Å². The third kappa shape index (κ3) is 2.89. The van der Waals surface area contributed by atoms with E-state index >= 15 is 0 Å². The Labute approximate surface area is 92.6 Å². The largest absolute Gasteiger partial charge is 0.391 e. The average Bonchev–Trinajstić information content (AvgIpc) is 2.79. The highest BCUT2D eigenvalue weighted by Gasteiger charge is 2.19. The van der Waals surface area contributed by atoms with E-state index in [2.05, 4.69) is 5.10 Å². The molecule has 2 rings (SSSR count). The Balaban J connectivity index is 1.84. The minimum Gasteiger partial charge on any atom is -0.391 e. The van der Waals surface area contributed by atoms with Gasteiger partial charge in [-0.25, -0.2) is 4.68 Å². The van der Waals surface area contributed by atoms with Gasteiger partial charge < -0.3 is 5.11 Å². The highest BCUT2D eigenvalue weighted by molar-refractivity contribution is 7.06. The van der Waals surface area contributed by atoms with E-state index in [0.717, 1.165) is 17.8 Å². The minimum absolute atomic E-state index is 0.0829. The number of rotatable bonds is 4. The summed E-state index contributed by atoms with van der Waals surface area (Å²) in [6.45, 7) is 0.346. The van der Waals surface area contributed by atoms with Crippen molar-refractivity contribution in [1.82, 2.24) is 9.78 Å². The SMILES string of the molecule is O=c1scnn1CC(O)CC1CCCC1. The van der Waals surface area contributed by atoms with Crippen LogP contribution in [0.25, 0.3) is 0 Å². The first-order valence-corrected chi connectivity index (χ1v) is 6.32. The Bertz CT molecular complexity index is 354. The van der Waals surface area contributed by atoms with Gasteiger partial charge in [-0.15, -0.1) is 0 Å². The standard InChI is InChI=1S/C10H16N2O2S/c13-9(5-8-3-1-2-4-8)6-12-10(14)15-7-11-12/h7-9,13H,1-6H2. The first kappa shape index (κ1) is 10.8. The molecule has 5 heteroatoms. The smallest absolute Gasteiger partial charge is 0.324 e. The summed E-state index contributed by atoms with van der Waals surface area (Å²) >= 11 is 1.07. The first-order valence-electron chi connectivity index (χ1n) is 5.44. The number of hydrogen-bond acceptors (Lipinski definition) is 4. The van der Waals surface area contributed by atoms with Gasteiger partial charge in [0.1, 0.15) is 5.51 Å². The van der Waals surface area contributed by atoms with Crippen LogP contribution in [-0.2, 0) is 6.54 Å². The lowest BCUT2D eigenvalue weighted by Crippen LogP contribution is -2.25. The molecule has 84 valence electrons. The molecule has 0 spiro atoms. The molecule has 0 aromatic carbocycles. The quantitative estimate of drug-likeness (QED) is 0.843. The molecular weight excluding hydrogens is 212 g/mol. The summed E-state index contributed by atoms with van der Waals surface area (Å²) in [6.07, 6.45) is 5.41. The van der Waals surface area contributed by atoms with Crippen molar-refractivity contribution in [2.75, 3.05) is 0 Å². The summed E-state index contributed by atoms with van der Waals surface area (Å²) in [4.78, 5) is 11.1. The van der Waals surface area contributed by atoms with Gasteiger partial charge in [-0.05, 0) is 12.3 Å². The summed E-state index contributed by atoms with van der Waals surface area (Å²) in [5, 5.41) is 13.7. The lowest BCUT2D eigenvalue weighted by Gasteiger charge is -2.14. The molecule has 0 saturated heterocycles. The summed E-state index contributed by atoms with van der Waals surface area (Å²) in [5.74, 6) is 0.648. The average molecular weight is 228 g/mol. The normalized spacial score (nSPS) is 19.5.